The minimum Gasteiger partial charge on any atom is -0.480 e. The molecule has 2 rings (SSSR count). The first-order valence-electron chi connectivity index (χ1n) is 6.77. The van der Waals surface area contributed by atoms with Crippen LogP contribution in [-0.4, -0.2) is 40.6 Å². The fraction of sp³-hybridized carbons (Fsp3) is 0.467. The highest BCUT2D eigenvalue weighted by Gasteiger charge is 2.40. The fourth-order valence-electron chi connectivity index (χ4n) is 2.54. The first-order chi connectivity index (χ1) is 9.56. The molecule has 1 amide bonds. The lowest BCUT2D eigenvalue weighted by Crippen LogP contribution is -2.55. The van der Waals surface area contributed by atoms with E-state index in [9.17, 15) is 14.7 Å². The predicted molar refractivity (Wildman–Crippen MR) is 73.2 cm³/mol. The number of rotatable bonds is 4. The maximum absolute atomic E-state index is 12.4. The molecule has 1 aliphatic heterocycles. The van der Waals surface area contributed by atoms with Crippen LogP contribution in [0.1, 0.15) is 31.9 Å². The Morgan fingerprint density at radius 3 is 2.65 bits per heavy atom. The molecule has 1 aliphatic rings. The summed E-state index contributed by atoms with van der Waals surface area (Å²) >= 11 is 0. The van der Waals surface area contributed by atoms with Crippen LogP contribution in [0.25, 0.3) is 0 Å². The minimum atomic E-state index is -0.976. The summed E-state index contributed by atoms with van der Waals surface area (Å²) in [6.45, 7) is 3.75. The number of carbonyl (C=O) groups excluding carboxylic acids is 1. The molecule has 1 saturated heterocycles. The quantitative estimate of drug-likeness (QED) is 0.912. The molecule has 0 aliphatic carbocycles. The van der Waals surface area contributed by atoms with Crippen LogP contribution < -0.4 is 0 Å². The number of nitrogens with zero attached hydrogens (tertiary/aromatic N) is 1. The maximum Gasteiger partial charge on any atom is 0.326 e. The van der Waals surface area contributed by atoms with Crippen LogP contribution in [0.4, 0.5) is 0 Å². The van der Waals surface area contributed by atoms with Gasteiger partial charge in [-0.1, -0.05) is 37.3 Å². The van der Waals surface area contributed by atoms with Crippen LogP contribution in [0.15, 0.2) is 30.3 Å². The molecule has 1 heterocycles. The third-order valence-electron chi connectivity index (χ3n) is 3.63. The van der Waals surface area contributed by atoms with E-state index in [2.05, 4.69) is 0 Å². The van der Waals surface area contributed by atoms with Gasteiger partial charge in [0.15, 0.2) is 0 Å². The van der Waals surface area contributed by atoms with E-state index in [0.29, 0.717) is 13.0 Å². The van der Waals surface area contributed by atoms with Crippen LogP contribution >= 0.6 is 0 Å². The van der Waals surface area contributed by atoms with Crippen LogP contribution in [0.5, 0.6) is 0 Å². The smallest absolute Gasteiger partial charge is 0.326 e. The Labute approximate surface area is 118 Å². The molecule has 1 aromatic carbocycles. The molecule has 5 heteroatoms. The molecule has 0 aromatic heterocycles. The van der Waals surface area contributed by atoms with Crippen molar-refractivity contribution >= 4 is 11.9 Å². The first-order valence-corrected chi connectivity index (χ1v) is 6.77. The first kappa shape index (κ1) is 14.5. The van der Waals surface area contributed by atoms with E-state index in [1.165, 1.54) is 4.90 Å². The van der Waals surface area contributed by atoms with Crippen molar-refractivity contribution in [2.75, 3.05) is 6.61 Å². The molecule has 1 aromatic rings. The van der Waals surface area contributed by atoms with Gasteiger partial charge in [0.2, 0.25) is 0 Å². The summed E-state index contributed by atoms with van der Waals surface area (Å²) in [7, 11) is 0. The molecular formula is C15H19NO4. The van der Waals surface area contributed by atoms with Gasteiger partial charge in [-0.3, -0.25) is 4.79 Å². The number of amides is 1. The second-order valence-electron chi connectivity index (χ2n) is 4.91. The average Bonchev–Trinajstić information content (AvgIpc) is 2.45. The van der Waals surface area contributed by atoms with E-state index in [0.717, 1.165) is 5.56 Å². The summed E-state index contributed by atoms with van der Waals surface area (Å²) in [5, 5.41) is 9.36. The number of ether oxygens (including phenoxy) is 1. The van der Waals surface area contributed by atoms with Gasteiger partial charge < -0.3 is 14.7 Å². The molecular weight excluding hydrogens is 258 g/mol. The average molecular weight is 277 g/mol. The van der Waals surface area contributed by atoms with Crippen molar-refractivity contribution in [3.63, 3.8) is 0 Å². The third-order valence-corrected chi connectivity index (χ3v) is 3.63. The highest BCUT2D eigenvalue weighted by Crippen LogP contribution is 2.30. The summed E-state index contributed by atoms with van der Waals surface area (Å²) < 4.78 is 5.48. The Hall–Kier alpha value is -1.88. The molecule has 1 unspecified atom stereocenters. The van der Waals surface area contributed by atoms with Gasteiger partial charge in [-0.15, -0.1) is 0 Å². The number of morpholine rings is 1. The standard InChI is InChI=1S/C15H19NO4/c1-3-12(15(18)19)16-13(9-20-10(2)14(16)17)11-7-5-4-6-8-11/h4-8,10,12-13H,3,9H2,1-2H3,(H,18,19)/t10-,12?,13+/m1/s1. The van der Waals surface area contributed by atoms with Crippen LogP contribution in [0.2, 0.25) is 0 Å². The molecule has 0 spiro atoms. The second kappa shape index (κ2) is 6.05. The summed E-state index contributed by atoms with van der Waals surface area (Å²) in [5.41, 5.74) is 0.896. The summed E-state index contributed by atoms with van der Waals surface area (Å²) in [6, 6.07) is 8.24. The molecule has 5 nitrogen and oxygen atoms in total. The monoisotopic (exact) mass is 277 g/mol. The van der Waals surface area contributed by atoms with Crippen molar-refractivity contribution in [3.05, 3.63) is 35.9 Å². The maximum atomic E-state index is 12.4. The van der Waals surface area contributed by atoms with E-state index in [4.69, 9.17) is 4.74 Å². The SMILES string of the molecule is CCC(C(=O)O)N1C(=O)[C@@H](C)OC[C@H]1c1ccccc1. The molecule has 0 bridgehead atoms. The number of hydrogen-bond donors (Lipinski definition) is 1. The lowest BCUT2D eigenvalue weighted by Gasteiger charge is -2.41. The number of hydrogen-bond acceptors (Lipinski definition) is 3. The molecule has 108 valence electrons. The third kappa shape index (κ3) is 2.67. The van der Waals surface area contributed by atoms with Crippen molar-refractivity contribution in [1.82, 2.24) is 4.90 Å². The van der Waals surface area contributed by atoms with Gasteiger partial charge in [0.05, 0.1) is 12.6 Å². The topological polar surface area (TPSA) is 66.8 Å². The number of aliphatic carboxylic acids is 1. The van der Waals surface area contributed by atoms with Crippen molar-refractivity contribution in [2.24, 2.45) is 0 Å². The van der Waals surface area contributed by atoms with E-state index in [1.54, 1.807) is 13.8 Å². The molecule has 3 atom stereocenters. The Balaban J connectivity index is 2.38. The van der Waals surface area contributed by atoms with Crippen LogP contribution in [0, 0.1) is 0 Å². The van der Waals surface area contributed by atoms with Gasteiger partial charge in [0, 0.05) is 0 Å². The van der Waals surface area contributed by atoms with Crippen molar-refractivity contribution in [3.8, 4) is 0 Å². The van der Waals surface area contributed by atoms with Gasteiger partial charge >= 0.3 is 5.97 Å². The van der Waals surface area contributed by atoms with Gasteiger partial charge in [-0.2, -0.15) is 0 Å². The van der Waals surface area contributed by atoms with Crippen molar-refractivity contribution in [2.45, 2.75) is 38.5 Å². The second-order valence-corrected chi connectivity index (χ2v) is 4.91. The van der Waals surface area contributed by atoms with Gasteiger partial charge in [0.1, 0.15) is 12.1 Å². The lowest BCUT2D eigenvalue weighted by atomic mass is 10.00. The Kier molecular flexibility index (Phi) is 4.39. The van der Waals surface area contributed by atoms with Crippen molar-refractivity contribution < 1.29 is 19.4 Å². The highest BCUT2D eigenvalue weighted by molar-refractivity contribution is 5.87. The lowest BCUT2D eigenvalue weighted by molar-refractivity contribution is -0.170. The largest absolute Gasteiger partial charge is 0.480 e. The number of benzene rings is 1. The summed E-state index contributed by atoms with van der Waals surface area (Å²) in [4.78, 5) is 25.2. The van der Waals surface area contributed by atoms with Crippen molar-refractivity contribution in [1.29, 1.82) is 0 Å². The zero-order chi connectivity index (χ0) is 14.7. The molecule has 1 N–H and O–H groups in total. The molecule has 0 saturated carbocycles. The van der Waals surface area contributed by atoms with Gasteiger partial charge in [-0.25, -0.2) is 4.79 Å². The molecule has 20 heavy (non-hydrogen) atoms. The van der Waals surface area contributed by atoms with E-state index >= 15 is 0 Å². The number of carbonyl (C=O) groups is 2. The fourth-order valence-corrected chi connectivity index (χ4v) is 2.54. The molecule has 1 fully saturated rings. The van der Waals surface area contributed by atoms with E-state index < -0.39 is 18.1 Å². The summed E-state index contributed by atoms with van der Waals surface area (Å²) in [6.07, 6.45) is -0.222. The van der Waals surface area contributed by atoms with Gasteiger partial charge in [-0.05, 0) is 18.9 Å². The predicted octanol–water partition coefficient (Wildman–Crippen LogP) is 1.84. The normalized spacial score (nSPS) is 24.5. The van der Waals surface area contributed by atoms with Crippen LogP contribution in [0.3, 0.4) is 0 Å². The number of carboxylic acids is 1. The van der Waals surface area contributed by atoms with E-state index in [-0.39, 0.29) is 11.9 Å². The Morgan fingerprint density at radius 1 is 1.45 bits per heavy atom. The molecule has 0 radical (unpaired) electrons. The number of carboxylic acid groups (broad SMARTS) is 1. The zero-order valence-electron chi connectivity index (χ0n) is 11.7. The van der Waals surface area contributed by atoms with Crippen LogP contribution in [-0.2, 0) is 14.3 Å². The van der Waals surface area contributed by atoms with Gasteiger partial charge in [0.25, 0.3) is 5.91 Å². The summed E-state index contributed by atoms with van der Waals surface area (Å²) in [5.74, 6) is -1.24. The Morgan fingerprint density at radius 2 is 2.10 bits per heavy atom. The van der Waals surface area contributed by atoms with E-state index in [1.807, 2.05) is 30.3 Å². The zero-order valence-corrected chi connectivity index (χ0v) is 11.7. The Bertz CT molecular complexity index is 488. The minimum absolute atomic E-state index is 0.264. The highest BCUT2D eigenvalue weighted by atomic mass is 16.5.